The number of hydrogen-bond acceptors (Lipinski definition) is 8. The van der Waals surface area contributed by atoms with Crippen LogP contribution in [0, 0.1) is 24.2 Å². The van der Waals surface area contributed by atoms with Crippen molar-refractivity contribution in [2.24, 2.45) is 16.0 Å². The number of carbonyl (C=O) groups is 2. The molecule has 0 saturated carbocycles. The Balaban J connectivity index is 2.22. The maximum absolute atomic E-state index is 12.0. The quantitative estimate of drug-likeness (QED) is 0.327. The molecule has 0 aliphatic heterocycles. The highest BCUT2D eigenvalue weighted by atomic mass is 35.5. The Morgan fingerprint density at radius 1 is 1.23 bits per heavy atom. The molecule has 0 atom stereocenters. The molecule has 2 rings (SSSR count). The van der Waals surface area contributed by atoms with Crippen LogP contribution in [0.15, 0.2) is 40.4 Å². The van der Waals surface area contributed by atoms with Crippen LogP contribution in [-0.4, -0.2) is 30.5 Å². The number of rotatable bonds is 9. The third-order valence-electron chi connectivity index (χ3n) is 4.51. The predicted molar refractivity (Wildman–Crippen MR) is 137 cm³/mol. The lowest BCUT2D eigenvalue weighted by Gasteiger charge is -2.15. The lowest BCUT2D eigenvalue weighted by Crippen LogP contribution is -2.36. The van der Waals surface area contributed by atoms with Gasteiger partial charge in [0.1, 0.15) is 17.6 Å². The molecule has 9 nitrogen and oxygen atoms in total. The molecule has 0 spiro atoms. The average molecular weight is 498 g/mol. The number of nitrogens with one attached hydrogen (secondary N) is 2. The number of aryl methyl sites for hydroxylation is 2. The zero-order valence-corrected chi connectivity index (χ0v) is 21.1. The Hall–Kier alpha value is -3.90. The van der Waals surface area contributed by atoms with Crippen molar-refractivity contribution >= 4 is 46.9 Å². The Morgan fingerprint density at radius 3 is 2.57 bits per heavy atom. The van der Waals surface area contributed by atoms with E-state index < -0.39 is 17.7 Å². The molecule has 0 fully saturated rings. The number of imide groups is 1. The van der Waals surface area contributed by atoms with Gasteiger partial charge in [-0.25, -0.2) is 4.79 Å². The van der Waals surface area contributed by atoms with E-state index in [1.165, 1.54) is 0 Å². The van der Waals surface area contributed by atoms with Gasteiger partial charge in [-0.05, 0) is 67.6 Å². The van der Waals surface area contributed by atoms with E-state index in [2.05, 4.69) is 34.1 Å². The summed E-state index contributed by atoms with van der Waals surface area (Å²) in [4.78, 5) is 27.9. The van der Waals surface area contributed by atoms with Crippen LogP contribution in [0.3, 0.4) is 0 Å². The first kappa shape index (κ1) is 27.3. The molecule has 0 aliphatic carbocycles. The van der Waals surface area contributed by atoms with Gasteiger partial charge in [0, 0.05) is 6.21 Å². The molecule has 2 N–H and O–H groups in total. The number of carbonyl (C=O) groups excluding carboxylic acids is 2. The number of hydrogen-bond donors (Lipinski definition) is 2. The summed E-state index contributed by atoms with van der Waals surface area (Å²) in [5.41, 5.74) is 5.12. The van der Waals surface area contributed by atoms with Crippen LogP contribution >= 0.6 is 11.6 Å². The third-order valence-corrected chi connectivity index (χ3v) is 4.79. The maximum Gasteiger partial charge on any atom is 0.414 e. The first-order valence-electron chi connectivity index (χ1n) is 11.0. The number of alkyl carbamates (subject to hydrolysis) is 1. The second-order valence-electron chi connectivity index (χ2n) is 7.73. The molecule has 35 heavy (non-hydrogen) atoms. The molecule has 0 saturated heterocycles. The fourth-order valence-corrected chi connectivity index (χ4v) is 3.12. The SMILES string of the molecule is CCOC(=O)NC(=O)/C(C#N)=N/Nc1cc(Cl)c(Oc2ccc(N=CC(C)C)c(C)c2)c(CC)c1. The summed E-state index contributed by atoms with van der Waals surface area (Å²) in [5.74, 6) is 0.464. The standard InChI is InChI=1S/C25H28ClN5O4/c1-6-17-11-18(30-31-22(13-27)24(32)29-25(33)34-7-2)12-20(26)23(17)35-19-8-9-21(16(5)10-19)28-14-15(3)4/h8-12,14-15,30H,6-7H2,1-5H3,(H,29,32,33)/b28-14?,31-22+. The highest BCUT2D eigenvalue weighted by Crippen LogP contribution is 2.37. The molecule has 2 aromatic carbocycles. The molecule has 0 heterocycles. The minimum absolute atomic E-state index is 0.0822. The average Bonchev–Trinajstić information content (AvgIpc) is 2.80. The van der Waals surface area contributed by atoms with Crippen molar-refractivity contribution in [1.82, 2.24) is 5.32 Å². The monoisotopic (exact) mass is 497 g/mol. The zero-order chi connectivity index (χ0) is 26.0. The molecule has 10 heteroatoms. The molecule has 0 bridgehead atoms. The van der Waals surface area contributed by atoms with Gasteiger partial charge in [0.2, 0.25) is 5.71 Å². The van der Waals surface area contributed by atoms with Gasteiger partial charge in [-0.3, -0.25) is 20.5 Å². The van der Waals surface area contributed by atoms with Gasteiger partial charge in [0.05, 0.1) is 23.0 Å². The normalized spacial score (nSPS) is 11.3. The highest BCUT2D eigenvalue weighted by molar-refractivity contribution is 6.46. The first-order valence-corrected chi connectivity index (χ1v) is 11.4. The summed E-state index contributed by atoms with van der Waals surface area (Å²) >= 11 is 6.49. The second-order valence-corrected chi connectivity index (χ2v) is 8.14. The predicted octanol–water partition coefficient (Wildman–Crippen LogP) is 5.93. The largest absolute Gasteiger partial charge is 0.456 e. The smallest absolute Gasteiger partial charge is 0.414 e. The number of aliphatic imine (C=N–C) groups is 1. The van der Waals surface area contributed by atoms with E-state index in [-0.39, 0.29) is 6.61 Å². The molecule has 2 amide bonds. The van der Waals surface area contributed by atoms with E-state index in [0.29, 0.717) is 34.5 Å². The van der Waals surface area contributed by atoms with Gasteiger partial charge in [-0.1, -0.05) is 32.4 Å². The second kappa shape index (κ2) is 13.1. The Kier molecular flexibility index (Phi) is 10.2. The van der Waals surface area contributed by atoms with E-state index in [4.69, 9.17) is 16.3 Å². The summed E-state index contributed by atoms with van der Waals surface area (Å²) in [6, 6.07) is 10.5. The van der Waals surface area contributed by atoms with Crippen molar-refractivity contribution in [3.63, 3.8) is 0 Å². The third kappa shape index (κ3) is 8.12. The maximum atomic E-state index is 12.0. The molecule has 2 aromatic rings. The van der Waals surface area contributed by atoms with Gasteiger partial charge in [-0.2, -0.15) is 10.4 Å². The number of hydrazone groups is 1. The van der Waals surface area contributed by atoms with Gasteiger partial charge >= 0.3 is 6.09 Å². The summed E-state index contributed by atoms with van der Waals surface area (Å²) in [5, 5.41) is 15.2. The Bertz CT molecular complexity index is 1190. The first-order chi connectivity index (χ1) is 16.7. The topological polar surface area (TPSA) is 125 Å². The van der Waals surface area contributed by atoms with Gasteiger partial charge in [0.15, 0.2) is 0 Å². The fourth-order valence-electron chi connectivity index (χ4n) is 2.84. The van der Waals surface area contributed by atoms with E-state index in [1.807, 2.05) is 43.6 Å². The molecular weight excluding hydrogens is 470 g/mol. The van der Waals surface area contributed by atoms with Crippen molar-refractivity contribution in [3.8, 4) is 17.6 Å². The number of nitriles is 1. The number of anilines is 1. The minimum Gasteiger partial charge on any atom is -0.456 e. The van der Waals surface area contributed by atoms with Crippen LogP contribution in [0.4, 0.5) is 16.2 Å². The lowest BCUT2D eigenvalue weighted by atomic mass is 10.1. The Labute approximate surface area is 209 Å². The van der Waals surface area contributed by atoms with E-state index in [1.54, 1.807) is 25.1 Å². The van der Waals surface area contributed by atoms with Crippen LogP contribution in [0.25, 0.3) is 0 Å². The van der Waals surface area contributed by atoms with E-state index in [9.17, 15) is 14.9 Å². The van der Waals surface area contributed by atoms with Crippen molar-refractivity contribution < 1.29 is 19.1 Å². The molecule has 0 radical (unpaired) electrons. The summed E-state index contributed by atoms with van der Waals surface area (Å²) in [7, 11) is 0. The van der Waals surface area contributed by atoms with Crippen molar-refractivity contribution in [1.29, 1.82) is 5.26 Å². The fraction of sp³-hybridized carbons (Fsp3) is 0.320. The lowest BCUT2D eigenvalue weighted by molar-refractivity contribution is -0.114. The molecular formula is C25H28ClN5O4. The van der Waals surface area contributed by atoms with Crippen LogP contribution in [-0.2, 0) is 16.0 Å². The number of halogens is 1. The number of amides is 2. The van der Waals surface area contributed by atoms with Crippen molar-refractivity contribution in [2.75, 3.05) is 12.0 Å². The Morgan fingerprint density at radius 2 is 1.97 bits per heavy atom. The summed E-state index contributed by atoms with van der Waals surface area (Å²) < 4.78 is 10.7. The number of ether oxygens (including phenoxy) is 2. The highest BCUT2D eigenvalue weighted by Gasteiger charge is 2.16. The van der Waals surface area contributed by atoms with Crippen LogP contribution in [0.1, 0.15) is 38.8 Å². The van der Waals surface area contributed by atoms with E-state index in [0.717, 1.165) is 16.8 Å². The van der Waals surface area contributed by atoms with Gasteiger partial charge in [0.25, 0.3) is 5.91 Å². The van der Waals surface area contributed by atoms with Gasteiger partial charge < -0.3 is 9.47 Å². The van der Waals surface area contributed by atoms with E-state index >= 15 is 0 Å². The summed E-state index contributed by atoms with van der Waals surface area (Å²) in [6.07, 6.45) is 1.52. The molecule has 0 aromatic heterocycles. The molecule has 0 unspecified atom stereocenters. The van der Waals surface area contributed by atoms with Gasteiger partial charge in [-0.15, -0.1) is 0 Å². The molecule has 184 valence electrons. The number of benzene rings is 2. The summed E-state index contributed by atoms with van der Waals surface area (Å²) in [6.45, 7) is 9.69. The zero-order valence-electron chi connectivity index (χ0n) is 20.3. The van der Waals surface area contributed by atoms with Crippen LogP contribution < -0.4 is 15.5 Å². The number of nitrogens with zero attached hydrogens (tertiary/aromatic N) is 3. The van der Waals surface area contributed by atoms with Crippen molar-refractivity contribution in [3.05, 3.63) is 46.5 Å². The van der Waals surface area contributed by atoms with Crippen LogP contribution in [0.2, 0.25) is 5.02 Å². The van der Waals surface area contributed by atoms with Crippen LogP contribution in [0.5, 0.6) is 11.5 Å². The van der Waals surface area contributed by atoms with Crippen molar-refractivity contribution in [2.45, 2.75) is 41.0 Å². The molecule has 0 aliphatic rings. The minimum atomic E-state index is -0.989.